The van der Waals surface area contributed by atoms with E-state index in [2.05, 4.69) is 10.2 Å². The van der Waals surface area contributed by atoms with E-state index in [4.69, 9.17) is 4.84 Å². The Morgan fingerprint density at radius 2 is 1.83 bits per heavy atom. The van der Waals surface area contributed by atoms with Crippen LogP contribution in [0, 0.1) is 0 Å². The fraction of sp³-hybridized carbons (Fsp3) is 0.267. The lowest BCUT2D eigenvalue weighted by Crippen LogP contribution is -2.33. The molecule has 2 heterocycles. The van der Waals surface area contributed by atoms with Crippen LogP contribution in [0.4, 0.5) is 0 Å². The molecule has 0 spiro atoms. The van der Waals surface area contributed by atoms with Gasteiger partial charge >= 0.3 is 5.97 Å². The minimum Gasteiger partial charge on any atom is -0.329 e. The summed E-state index contributed by atoms with van der Waals surface area (Å²) in [6, 6.07) is 6.47. The van der Waals surface area contributed by atoms with Crippen LogP contribution in [0.1, 0.15) is 40.6 Å². The molecule has 3 rings (SSSR count). The van der Waals surface area contributed by atoms with Gasteiger partial charge in [0.15, 0.2) is 5.16 Å². The third-order valence-electron chi connectivity index (χ3n) is 3.37. The first-order chi connectivity index (χ1) is 11.5. The highest BCUT2D eigenvalue weighted by molar-refractivity contribution is 7.99. The molecular weight excluding hydrogens is 332 g/mol. The predicted octanol–water partition coefficient (Wildman–Crippen LogP) is 1.71. The molecule has 0 radical (unpaired) electrons. The fourth-order valence-electron chi connectivity index (χ4n) is 2.19. The molecule has 124 valence electrons. The Kier molecular flexibility index (Phi) is 4.34. The van der Waals surface area contributed by atoms with E-state index < -0.39 is 17.8 Å². The summed E-state index contributed by atoms with van der Waals surface area (Å²) in [6.45, 7) is 3.93. The highest BCUT2D eigenvalue weighted by atomic mass is 32.2. The lowest BCUT2D eigenvalue weighted by Gasteiger charge is -2.13. The molecule has 0 fully saturated rings. The van der Waals surface area contributed by atoms with Crippen molar-refractivity contribution in [3.8, 4) is 0 Å². The van der Waals surface area contributed by atoms with Crippen molar-refractivity contribution in [1.29, 1.82) is 0 Å². The number of carbonyl (C=O) groups is 3. The minimum atomic E-state index is -0.715. The Labute approximate surface area is 141 Å². The standard InChI is InChI=1S/C15H14N4O4S/c1-9(2)18-8-16-17-15(18)24-7-12(20)23-19-13(21)10-5-3-4-6-11(10)14(19)22/h3-6,8-9H,7H2,1-2H3. The van der Waals surface area contributed by atoms with Gasteiger partial charge in [0, 0.05) is 6.04 Å². The van der Waals surface area contributed by atoms with Gasteiger partial charge < -0.3 is 9.40 Å². The van der Waals surface area contributed by atoms with Crippen LogP contribution in [-0.2, 0) is 9.63 Å². The van der Waals surface area contributed by atoms with Crippen LogP contribution < -0.4 is 0 Å². The molecule has 1 aliphatic rings. The van der Waals surface area contributed by atoms with Crippen LogP contribution in [0.2, 0.25) is 0 Å². The summed E-state index contributed by atoms with van der Waals surface area (Å²) >= 11 is 1.13. The van der Waals surface area contributed by atoms with Gasteiger partial charge in [-0.3, -0.25) is 9.59 Å². The first-order valence-electron chi connectivity index (χ1n) is 7.20. The first kappa shape index (κ1) is 16.2. The molecule has 8 nitrogen and oxygen atoms in total. The Morgan fingerprint density at radius 3 is 2.42 bits per heavy atom. The third kappa shape index (κ3) is 2.90. The number of rotatable bonds is 5. The van der Waals surface area contributed by atoms with Crippen molar-refractivity contribution >= 4 is 29.5 Å². The third-order valence-corrected chi connectivity index (χ3v) is 4.30. The van der Waals surface area contributed by atoms with E-state index in [1.165, 1.54) is 12.1 Å². The number of hydrogen-bond acceptors (Lipinski definition) is 7. The lowest BCUT2D eigenvalue weighted by atomic mass is 10.1. The molecular formula is C15H14N4O4S. The molecule has 0 unspecified atom stereocenters. The highest BCUT2D eigenvalue weighted by Crippen LogP contribution is 2.24. The topological polar surface area (TPSA) is 94.4 Å². The number of thioether (sulfide) groups is 1. The summed E-state index contributed by atoms with van der Waals surface area (Å²) in [6.07, 6.45) is 1.57. The maximum atomic E-state index is 12.1. The van der Waals surface area contributed by atoms with Crippen molar-refractivity contribution in [2.45, 2.75) is 25.0 Å². The van der Waals surface area contributed by atoms with Gasteiger partial charge in [0.2, 0.25) is 0 Å². The number of nitrogens with zero attached hydrogens (tertiary/aromatic N) is 4. The fourth-order valence-corrected chi connectivity index (χ4v) is 3.00. The number of amides is 2. The van der Waals surface area contributed by atoms with Crippen molar-refractivity contribution in [3.05, 3.63) is 41.7 Å². The normalized spacial score (nSPS) is 13.5. The van der Waals surface area contributed by atoms with Crippen LogP contribution in [0.5, 0.6) is 0 Å². The smallest absolute Gasteiger partial charge is 0.329 e. The van der Waals surface area contributed by atoms with Gasteiger partial charge in [0.05, 0.1) is 11.1 Å². The zero-order valence-electron chi connectivity index (χ0n) is 13.0. The summed E-state index contributed by atoms with van der Waals surface area (Å²) in [5.74, 6) is -2.09. The maximum Gasteiger partial charge on any atom is 0.343 e. The second-order valence-corrected chi connectivity index (χ2v) is 6.26. The number of hydroxylamine groups is 2. The van der Waals surface area contributed by atoms with Gasteiger partial charge in [-0.25, -0.2) is 4.79 Å². The van der Waals surface area contributed by atoms with Crippen LogP contribution in [0.25, 0.3) is 0 Å². The molecule has 1 aromatic heterocycles. The van der Waals surface area contributed by atoms with Crippen LogP contribution in [0.3, 0.4) is 0 Å². The van der Waals surface area contributed by atoms with Crippen molar-refractivity contribution in [2.75, 3.05) is 5.75 Å². The van der Waals surface area contributed by atoms with E-state index in [1.807, 2.05) is 13.8 Å². The molecule has 0 bridgehead atoms. The van der Waals surface area contributed by atoms with E-state index in [0.717, 1.165) is 11.8 Å². The van der Waals surface area contributed by atoms with Crippen molar-refractivity contribution in [1.82, 2.24) is 19.8 Å². The Hall–Kier alpha value is -2.68. The molecule has 1 aromatic carbocycles. The number of fused-ring (bicyclic) bond motifs is 1. The van der Waals surface area contributed by atoms with Crippen LogP contribution in [-0.4, -0.2) is 43.4 Å². The first-order valence-corrected chi connectivity index (χ1v) is 8.18. The molecule has 0 saturated carbocycles. The molecule has 9 heteroatoms. The SMILES string of the molecule is CC(C)n1cnnc1SCC(=O)ON1C(=O)c2ccccc2C1=O. The summed E-state index contributed by atoms with van der Waals surface area (Å²) < 4.78 is 1.81. The monoisotopic (exact) mass is 346 g/mol. The number of benzene rings is 1. The molecule has 0 N–H and O–H groups in total. The van der Waals surface area contributed by atoms with Gasteiger partial charge in [-0.05, 0) is 26.0 Å². The van der Waals surface area contributed by atoms with Crippen LogP contribution in [0.15, 0.2) is 35.7 Å². The molecule has 24 heavy (non-hydrogen) atoms. The van der Waals surface area contributed by atoms with Crippen LogP contribution >= 0.6 is 11.8 Å². The second kappa shape index (κ2) is 6.44. The molecule has 0 aliphatic carbocycles. The minimum absolute atomic E-state index is 0.0984. The number of hydrogen-bond donors (Lipinski definition) is 0. The van der Waals surface area contributed by atoms with E-state index in [1.54, 1.807) is 23.0 Å². The van der Waals surface area contributed by atoms with Gasteiger partial charge in [-0.15, -0.1) is 10.2 Å². The predicted molar refractivity (Wildman–Crippen MR) is 84.2 cm³/mol. The zero-order valence-corrected chi connectivity index (χ0v) is 13.8. The van der Waals surface area contributed by atoms with E-state index in [-0.39, 0.29) is 22.9 Å². The summed E-state index contributed by atoms with van der Waals surface area (Å²) in [7, 11) is 0. The van der Waals surface area contributed by atoms with Gasteiger partial charge in [0.25, 0.3) is 11.8 Å². The molecule has 2 amide bonds. The highest BCUT2D eigenvalue weighted by Gasteiger charge is 2.38. The summed E-state index contributed by atoms with van der Waals surface area (Å²) in [5.41, 5.74) is 0.449. The maximum absolute atomic E-state index is 12.1. The number of aromatic nitrogens is 3. The lowest BCUT2D eigenvalue weighted by molar-refractivity contribution is -0.165. The number of carbonyl (C=O) groups excluding carboxylic acids is 3. The van der Waals surface area contributed by atoms with Crippen molar-refractivity contribution < 1.29 is 19.2 Å². The summed E-state index contributed by atoms with van der Waals surface area (Å²) in [5, 5.41) is 8.78. The average molecular weight is 346 g/mol. The van der Waals surface area contributed by atoms with Gasteiger partial charge in [-0.1, -0.05) is 29.0 Å². The average Bonchev–Trinajstić information content (AvgIpc) is 3.13. The Bertz CT molecular complexity index is 782. The number of imide groups is 1. The second-order valence-electron chi connectivity index (χ2n) is 5.32. The van der Waals surface area contributed by atoms with Crippen molar-refractivity contribution in [3.63, 3.8) is 0 Å². The van der Waals surface area contributed by atoms with Gasteiger partial charge in [0.1, 0.15) is 12.1 Å². The largest absolute Gasteiger partial charge is 0.343 e. The van der Waals surface area contributed by atoms with E-state index in [0.29, 0.717) is 10.2 Å². The molecule has 2 aromatic rings. The molecule has 1 aliphatic heterocycles. The molecule has 0 saturated heterocycles. The van der Waals surface area contributed by atoms with Gasteiger partial charge in [-0.2, -0.15) is 0 Å². The van der Waals surface area contributed by atoms with Crippen molar-refractivity contribution in [2.24, 2.45) is 0 Å². The zero-order chi connectivity index (χ0) is 17.3. The Morgan fingerprint density at radius 1 is 1.21 bits per heavy atom. The van der Waals surface area contributed by atoms with E-state index >= 15 is 0 Å². The van der Waals surface area contributed by atoms with E-state index in [9.17, 15) is 14.4 Å². The summed E-state index contributed by atoms with van der Waals surface area (Å²) in [4.78, 5) is 41.1. The Balaban J connectivity index is 1.63. The quantitative estimate of drug-likeness (QED) is 0.601. The molecule has 0 atom stereocenters.